The minimum Gasteiger partial charge on any atom is -0.352 e. The molecule has 2 N–H and O–H groups in total. The van der Waals surface area contributed by atoms with E-state index in [1.165, 1.54) is 0 Å². The molecular formula is C15H19Cl2N3O. The second-order valence-corrected chi connectivity index (χ2v) is 4.95. The van der Waals surface area contributed by atoms with Gasteiger partial charge in [-0.3, -0.25) is 9.78 Å². The Balaban J connectivity index is 0.00000110. The highest BCUT2D eigenvalue weighted by atomic mass is 35.5. The molecule has 2 heterocycles. The SMILES string of the molecule is Cl.Cl.O=C(NCC1CCNC1)c1cccc2cccnc12. The summed E-state index contributed by atoms with van der Waals surface area (Å²) in [7, 11) is 0. The number of halogens is 2. The number of benzene rings is 1. The molecule has 4 nitrogen and oxygen atoms in total. The number of hydrogen-bond donors (Lipinski definition) is 2. The smallest absolute Gasteiger partial charge is 0.253 e. The molecule has 2 aromatic rings. The van der Waals surface area contributed by atoms with Gasteiger partial charge in [-0.1, -0.05) is 18.2 Å². The maximum Gasteiger partial charge on any atom is 0.253 e. The molecule has 114 valence electrons. The first-order valence-corrected chi connectivity index (χ1v) is 6.67. The monoisotopic (exact) mass is 327 g/mol. The van der Waals surface area contributed by atoms with Gasteiger partial charge in [-0.2, -0.15) is 0 Å². The second-order valence-electron chi connectivity index (χ2n) is 4.95. The molecule has 1 saturated heterocycles. The molecule has 6 heteroatoms. The van der Waals surface area contributed by atoms with Gasteiger partial charge in [0.1, 0.15) is 0 Å². The molecule has 1 unspecified atom stereocenters. The van der Waals surface area contributed by atoms with Crippen LogP contribution in [0.3, 0.4) is 0 Å². The highest BCUT2D eigenvalue weighted by molar-refractivity contribution is 6.05. The van der Waals surface area contributed by atoms with E-state index in [2.05, 4.69) is 15.6 Å². The minimum atomic E-state index is -0.0313. The molecular weight excluding hydrogens is 309 g/mol. The third kappa shape index (κ3) is 4.06. The van der Waals surface area contributed by atoms with E-state index in [-0.39, 0.29) is 30.7 Å². The van der Waals surface area contributed by atoms with Gasteiger partial charge in [-0.05, 0) is 37.6 Å². The number of pyridine rings is 1. The molecule has 0 saturated carbocycles. The Morgan fingerprint density at radius 1 is 1.29 bits per heavy atom. The zero-order chi connectivity index (χ0) is 13.1. The van der Waals surface area contributed by atoms with Crippen LogP contribution >= 0.6 is 24.8 Å². The molecule has 3 rings (SSSR count). The lowest BCUT2D eigenvalue weighted by Gasteiger charge is -2.11. The fourth-order valence-electron chi connectivity index (χ4n) is 2.51. The van der Waals surface area contributed by atoms with E-state index in [0.29, 0.717) is 11.5 Å². The highest BCUT2D eigenvalue weighted by Gasteiger charge is 2.16. The third-order valence-electron chi connectivity index (χ3n) is 3.59. The number of rotatable bonds is 3. The van der Waals surface area contributed by atoms with Gasteiger partial charge in [0.25, 0.3) is 5.91 Å². The summed E-state index contributed by atoms with van der Waals surface area (Å²) in [5.41, 5.74) is 1.43. The average Bonchev–Trinajstić information content (AvgIpc) is 2.97. The van der Waals surface area contributed by atoms with Gasteiger partial charge in [-0.15, -0.1) is 24.8 Å². The Labute approximate surface area is 136 Å². The lowest BCUT2D eigenvalue weighted by atomic mass is 10.1. The van der Waals surface area contributed by atoms with Crippen molar-refractivity contribution in [1.82, 2.24) is 15.6 Å². The zero-order valence-electron chi connectivity index (χ0n) is 11.5. The lowest BCUT2D eigenvalue weighted by molar-refractivity contribution is 0.0949. The van der Waals surface area contributed by atoms with Crippen molar-refractivity contribution in [2.24, 2.45) is 5.92 Å². The van der Waals surface area contributed by atoms with Gasteiger partial charge >= 0.3 is 0 Å². The summed E-state index contributed by atoms with van der Waals surface area (Å²) in [5, 5.41) is 7.31. The van der Waals surface area contributed by atoms with Crippen LogP contribution in [0.15, 0.2) is 36.5 Å². The largest absolute Gasteiger partial charge is 0.352 e. The molecule has 0 bridgehead atoms. The van der Waals surface area contributed by atoms with Crippen molar-refractivity contribution in [3.63, 3.8) is 0 Å². The predicted octanol–water partition coefficient (Wildman–Crippen LogP) is 2.42. The number of aromatic nitrogens is 1. The number of nitrogens with zero attached hydrogens (tertiary/aromatic N) is 1. The van der Waals surface area contributed by atoms with Crippen molar-refractivity contribution in [1.29, 1.82) is 0 Å². The van der Waals surface area contributed by atoms with Gasteiger partial charge < -0.3 is 10.6 Å². The topological polar surface area (TPSA) is 54.0 Å². The number of nitrogens with one attached hydrogen (secondary N) is 2. The average molecular weight is 328 g/mol. The van der Waals surface area contributed by atoms with Gasteiger partial charge in [0.05, 0.1) is 11.1 Å². The first kappa shape index (κ1) is 17.7. The van der Waals surface area contributed by atoms with Gasteiger partial charge in [0.15, 0.2) is 0 Å². The van der Waals surface area contributed by atoms with E-state index in [4.69, 9.17) is 0 Å². The van der Waals surface area contributed by atoms with Gasteiger partial charge in [0, 0.05) is 18.1 Å². The van der Waals surface area contributed by atoms with E-state index in [0.717, 1.165) is 37.0 Å². The standard InChI is InChI=1S/C15H17N3O.2ClH/c19-15(18-10-11-6-8-16-9-11)13-5-1-3-12-4-2-7-17-14(12)13;;/h1-5,7,11,16H,6,8-10H2,(H,18,19);2*1H. The molecule has 1 aromatic heterocycles. The summed E-state index contributed by atoms with van der Waals surface area (Å²) in [5.74, 6) is 0.517. The maximum absolute atomic E-state index is 12.2. The van der Waals surface area contributed by atoms with E-state index >= 15 is 0 Å². The molecule has 1 amide bonds. The molecule has 1 fully saturated rings. The number of fused-ring (bicyclic) bond motifs is 1. The van der Waals surface area contributed by atoms with Crippen molar-refractivity contribution in [2.45, 2.75) is 6.42 Å². The van der Waals surface area contributed by atoms with Crippen molar-refractivity contribution in [2.75, 3.05) is 19.6 Å². The van der Waals surface area contributed by atoms with Crippen molar-refractivity contribution < 1.29 is 4.79 Å². The normalized spacial score (nSPS) is 16.9. The summed E-state index contributed by atoms with van der Waals surface area (Å²) in [6.07, 6.45) is 2.86. The van der Waals surface area contributed by atoms with E-state index in [1.807, 2.05) is 30.3 Å². The van der Waals surface area contributed by atoms with Crippen molar-refractivity contribution in [3.8, 4) is 0 Å². The van der Waals surface area contributed by atoms with E-state index in [1.54, 1.807) is 6.20 Å². The van der Waals surface area contributed by atoms with Crippen LogP contribution in [0, 0.1) is 5.92 Å². The summed E-state index contributed by atoms with van der Waals surface area (Å²) >= 11 is 0. The molecule has 1 aliphatic rings. The maximum atomic E-state index is 12.2. The zero-order valence-corrected chi connectivity index (χ0v) is 13.2. The molecule has 0 spiro atoms. The summed E-state index contributed by atoms with van der Waals surface area (Å²) in [6, 6.07) is 9.56. The Morgan fingerprint density at radius 3 is 2.86 bits per heavy atom. The van der Waals surface area contributed by atoms with Crippen molar-refractivity contribution in [3.05, 3.63) is 42.1 Å². The molecule has 1 aliphatic heterocycles. The van der Waals surface area contributed by atoms with Gasteiger partial charge in [0.2, 0.25) is 0 Å². The van der Waals surface area contributed by atoms with Crippen LogP contribution in [0.25, 0.3) is 10.9 Å². The lowest BCUT2D eigenvalue weighted by Crippen LogP contribution is -2.30. The van der Waals surface area contributed by atoms with Crippen LogP contribution in [0.5, 0.6) is 0 Å². The highest BCUT2D eigenvalue weighted by Crippen LogP contribution is 2.16. The second kappa shape index (κ2) is 8.17. The number of para-hydroxylation sites is 1. The van der Waals surface area contributed by atoms with Crippen LogP contribution in [0.4, 0.5) is 0 Å². The van der Waals surface area contributed by atoms with E-state index < -0.39 is 0 Å². The van der Waals surface area contributed by atoms with Crippen LogP contribution < -0.4 is 10.6 Å². The van der Waals surface area contributed by atoms with Gasteiger partial charge in [-0.25, -0.2) is 0 Å². The first-order chi connectivity index (χ1) is 9.34. The Kier molecular flexibility index (Phi) is 6.89. The molecule has 21 heavy (non-hydrogen) atoms. The summed E-state index contributed by atoms with van der Waals surface area (Å²) in [6.45, 7) is 2.78. The quantitative estimate of drug-likeness (QED) is 0.910. The third-order valence-corrected chi connectivity index (χ3v) is 3.59. The molecule has 1 atom stereocenters. The Bertz CT molecular complexity index is 595. The van der Waals surface area contributed by atoms with Crippen LogP contribution in [-0.4, -0.2) is 30.5 Å². The molecule has 1 aromatic carbocycles. The minimum absolute atomic E-state index is 0. The molecule has 0 radical (unpaired) electrons. The number of carbonyl (C=O) groups excluding carboxylic acids is 1. The first-order valence-electron chi connectivity index (χ1n) is 6.67. The molecule has 0 aliphatic carbocycles. The van der Waals surface area contributed by atoms with Crippen molar-refractivity contribution >= 4 is 41.6 Å². The van der Waals surface area contributed by atoms with E-state index in [9.17, 15) is 4.79 Å². The summed E-state index contributed by atoms with van der Waals surface area (Å²) < 4.78 is 0. The fourth-order valence-corrected chi connectivity index (χ4v) is 2.51. The number of amides is 1. The van der Waals surface area contributed by atoms with Crippen LogP contribution in [-0.2, 0) is 0 Å². The Morgan fingerprint density at radius 2 is 2.10 bits per heavy atom. The Hall–Kier alpha value is -1.36. The fraction of sp³-hybridized carbons (Fsp3) is 0.333. The van der Waals surface area contributed by atoms with Crippen LogP contribution in [0.2, 0.25) is 0 Å². The number of hydrogen-bond acceptors (Lipinski definition) is 3. The van der Waals surface area contributed by atoms with Crippen LogP contribution in [0.1, 0.15) is 16.8 Å². The summed E-state index contributed by atoms with van der Waals surface area (Å²) in [4.78, 5) is 16.6. The number of carbonyl (C=O) groups is 1. The predicted molar refractivity (Wildman–Crippen MR) is 89.5 cm³/mol.